The molecular formula is C26H20ClN3O3. The van der Waals surface area contributed by atoms with Crippen molar-refractivity contribution in [2.24, 2.45) is 0 Å². The van der Waals surface area contributed by atoms with Gasteiger partial charge in [0, 0.05) is 21.8 Å². The van der Waals surface area contributed by atoms with Crippen molar-refractivity contribution < 1.29 is 14.3 Å². The van der Waals surface area contributed by atoms with Gasteiger partial charge >= 0.3 is 5.97 Å². The number of esters is 1. The van der Waals surface area contributed by atoms with Crippen LogP contribution in [0, 0.1) is 6.92 Å². The molecule has 1 amide bonds. The molecule has 0 radical (unpaired) electrons. The molecule has 1 aliphatic heterocycles. The van der Waals surface area contributed by atoms with Crippen LogP contribution in [0.5, 0.6) is 0 Å². The topological polar surface area (TPSA) is 75.3 Å². The van der Waals surface area contributed by atoms with E-state index in [-0.39, 0.29) is 5.91 Å². The molecular weight excluding hydrogens is 438 g/mol. The smallest absolute Gasteiger partial charge is 0.337 e. The van der Waals surface area contributed by atoms with Crippen LogP contribution in [-0.2, 0) is 4.74 Å². The van der Waals surface area contributed by atoms with Crippen molar-refractivity contribution in [3.63, 3.8) is 0 Å². The number of carbonyl (C=O) groups excluding carboxylic acids is 2. The van der Waals surface area contributed by atoms with Crippen LogP contribution in [0.1, 0.15) is 43.6 Å². The average Bonchev–Trinajstić information content (AvgIpc) is 3.39. The molecule has 0 saturated carbocycles. The van der Waals surface area contributed by atoms with Gasteiger partial charge in [0.05, 0.1) is 24.4 Å². The van der Waals surface area contributed by atoms with E-state index in [0.717, 1.165) is 27.9 Å². The first kappa shape index (κ1) is 21.0. The van der Waals surface area contributed by atoms with E-state index in [4.69, 9.17) is 16.3 Å². The number of benzene rings is 3. The Hall–Kier alpha value is -3.90. The number of halogens is 1. The lowest BCUT2D eigenvalue weighted by Gasteiger charge is -2.26. The van der Waals surface area contributed by atoms with Crippen LogP contribution in [-0.4, -0.2) is 29.2 Å². The molecule has 6 nitrogen and oxygen atoms in total. The third-order valence-electron chi connectivity index (χ3n) is 5.85. The van der Waals surface area contributed by atoms with Gasteiger partial charge in [-0.1, -0.05) is 53.6 Å². The molecule has 1 aromatic heterocycles. The van der Waals surface area contributed by atoms with Gasteiger partial charge in [-0.25, -0.2) is 4.79 Å². The highest BCUT2D eigenvalue weighted by molar-refractivity contribution is 6.30. The number of hydrogen-bond donors (Lipinski definition) is 1. The Morgan fingerprint density at radius 2 is 1.67 bits per heavy atom. The zero-order valence-electron chi connectivity index (χ0n) is 18.0. The molecule has 5 rings (SSSR count). The number of ether oxygens (including phenoxy) is 1. The highest BCUT2D eigenvalue weighted by Crippen LogP contribution is 2.45. The summed E-state index contributed by atoms with van der Waals surface area (Å²) in [4.78, 5) is 27.2. The van der Waals surface area contributed by atoms with Crippen molar-refractivity contribution in [3.05, 3.63) is 106 Å². The van der Waals surface area contributed by atoms with Crippen molar-refractivity contribution >= 4 is 29.2 Å². The van der Waals surface area contributed by atoms with Gasteiger partial charge in [0.15, 0.2) is 0 Å². The van der Waals surface area contributed by atoms with Crippen molar-refractivity contribution in [1.29, 1.82) is 0 Å². The number of anilines is 1. The number of H-pyrrole nitrogens is 1. The van der Waals surface area contributed by atoms with Gasteiger partial charge in [0.1, 0.15) is 5.69 Å². The molecule has 0 saturated heterocycles. The monoisotopic (exact) mass is 457 g/mol. The molecule has 2 heterocycles. The number of aryl methyl sites for hydroxylation is 1. The van der Waals surface area contributed by atoms with Crippen LogP contribution in [0.2, 0.25) is 5.02 Å². The molecule has 0 fully saturated rings. The molecule has 4 aromatic rings. The molecule has 0 bridgehead atoms. The molecule has 7 heteroatoms. The van der Waals surface area contributed by atoms with Crippen LogP contribution in [0.25, 0.3) is 11.3 Å². The van der Waals surface area contributed by atoms with Gasteiger partial charge in [-0.2, -0.15) is 5.10 Å². The summed E-state index contributed by atoms with van der Waals surface area (Å²) in [5, 5.41) is 8.04. The second-order valence-corrected chi connectivity index (χ2v) is 8.33. The number of methoxy groups -OCH3 is 1. The van der Waals surface area contributed by atoms with E-state index in [1.54, 1.807) is 29.2 Å². The Bertz CT molecular complexity index is 1340. The molecule has 1 atom stereocenters. The van der Waals surface area contributed by atoms with Gasteiger partial charge in [-0.15, -0.1) is 0 Å². The van der Waals surface area contributed by atoms with E-state index in [1.165, 1.54) is 7.11 Å². The summed E-state index contributed by atoms with van der Waals surface area (Å²) in [6, 6.07) is 21.8. The van der Waals surface area contributed by atoms with E-state index in [1.807, 2.05) is 55.5 Å². The van der Waals surface area contributed by atoms with E-state index in [9.17, 15) is 9.59 Å². The minimum atomic E-state index is -0.435. The predicted molar refractivity (Wildman–Crippen MR) is 127 cm³/mol. The minimum absolute atomic E-state index is 0.180. The van der Waals surface area contributed by atoms with Gasteiger partial charge < -0.3 is 4.74 Å². The first-order valence-electron chi connectivity index (χ1n) is 10.4. The molecule has 1 aliphatic rings. The Balaban J connectivity index is 1.68. The molecule has 164 valence electrons. The fourth-order valence-corrected chi connectivity index (χ4v) is 4.31. The highest BCUT2D eigenvalue weighted by atomic mass is 35.5. The van der Waals surface area contributed by atoms with Gasteiger partial charge in [-0.05, 0) is 48.9 Å². The summed E-state index contributed by atoms with van der Waals surface area (Å²) in [6.07, 6.45) is 0. The summed E-state index contributed by atoms with van der Waals surface area (Å²) < 4.78 is 4.82. The maximum atomic E-state index is 13.5. The first-order chi connectivity index (χ1) is 16.0. The summed E-state index contributed by atoms with van der Waals surface area (Å²) >= 11 is 6.09. The number of amides is 1. The van der Waals surface area contributed by atoms with Crippen molar-refractivity contribution in [2.45, 2.75) is 13.0 Å². The molecule has 0 aliphatic carbocycles. The highest BCUT2D eigenvalue weighted by Gasteiger charge is 2.43. The number of aromatic amines is 1. The third-order valence-corrected chi connectivity index (χ3v) is 6.10. The van der Waals surface area contributed by atoms with Crippen molar-refractivity contribution in [1.82, 2.24) is 10.2 Å². The second kappa shape index (κ2) is 8.22. The van der Waals surface area contributed by atoms with Crippen LogP contribution in [0.3, 0.4) is 0 Å². The summed E-state index contributed by atoms with van der Waals surface area (Å²) in [5.41, 5.74) is 6.02. The Kier molecular flexibility index (Phi) is 5.23. The van der Waals surface area contributed by atoms with Gasteiger partial charge in [0.25, 0.3) is 5.91 Å². The zero-order chi connectivity index (χ0) is 23.1. The number of carbonyl (C=O) groups is 2. The standard InChI is InChI=1S/C26H20ClN3O3/c1-15-3-5-16(6-4-15)22-21-23(29-28-22)25(31)30(20-13-11-19(27)12-14-20)24(21)17-7-9-18(10-8-17)26(32)33-2/h3-14,24H,1-2H3,(H,28,29)/t24-/m1/s1. The average molecular weight is 458 g/mol. The molecule has 1 N–H and O–H groups in total. The number of nitrogens with zero attached hydrogens (tertiary/aromatic N) is 2. The van der Waals surface area contributed by atoms with Crippen molar-refractivity contribution in [3.8, 4) is 11.3 Å². The number of rotatable bonds is 4. The Morgan fingerprint density at radius 3 is 2.30 bits per heavy atom. The number of nitrogens with one attached hydrogen (secondary N) is 1. The fourth-order valence-electron chi connectivity index (χ4n) is 4.18. The fraction of sp³-hybridized carbons (Fsp3) is 0.115. The lowest BCUT2D eigenvalue weighted by molar-refractivity contribution is 0.0600. The molecule has 0 unspecified atom stereocenters. The van der Waals surface area contributed by atoms with E-state index in [2.05, 4.69) is 10.2 Å². The first-order valence-corrected chi connectivity index (χ1v) is 10.8. The summed E-state index contributed by atoms with van der Waals surface area (Å²) in [5.74, 6) is -0.594. The minimum Gasteiger partial charge on any atom is -0.465 e. The number of hydrogen-bond acceptors (Lipinski definition) is 4. The number of fused-ring (bicyclic) bond motifs is 1. The Labute approximate surface area is 195 Å². The van der Waals surface area contributed by atoms with Gasteiger partial charge in [0.2, 0.25) is 0 Å². The van der Waals surface area contributed by atoms with E-state index >= 15 is 0 Å². The molecule has 33 heavy (non-hydrogen) atoms. The maximum absolute atomic E-state index is 13.5. The lowest BCUT2D eigenvalue weighted by Crippen LogP contribution is -2.29. The largest absolute Gasteiger partial charge is 0.465 e. The Morgan fingerprint density at radius 1 is 1.00 bits per heavy atom. The lowest BCUT2D eigenvalue weighted by atomic mass is 9.95. The van der Waals surface area contributed by atoms with E-state index < -0.39 is 12.0 Å². The van der Waals surface area contributed by atoms with Crippen LogP contribution < -0.4 is 4.90 Å². The molecule has 0 spiro atoms. The van der Waals surface area contributed by atoms with Crippen LogP contribution in [0.15, 0.2) is 72.8 Å². The summed E-state index contributed by atoms with van der Waals surface area (Å²) in [6.45, 7) is 2.02. The van der Waals surface area contributed by atoms with Gasteiger partial charge in [-0.3, -0.25) is 14.8 Å². The van der Waals surface area contributed by atoms with Crippen molar-refractivity contribution in [2.75, 3.05) is 12.0 Å². The maximum Gasteiger partial charge on any atom is 0.337 e. The zero-order valence-corrected chi connectivity index (χ0v) is 18.8. The normalized spacial score (nSPS) is 14.9. The molecule has 3 aromatic carbocycles. The second-order valence-electron chi connectivity index (χ2n) is 7.89. The van der Waals surface area contributed by atoms with Crippen LogP contribution >= 0.6 is 11.6 Å². The number of aromatic nitrogens is 2. The summed E-state index contributed by atoms with van der Waals surface area (Å²) in [7, 11) is 1.35. The predicted octanol–water partition coefficient (Wildman–Crippen LogP) is 5.57. The quantitative estimate of drug-likeness (QED) is 0.406. The van der Waals surface area contributed by atoms with Crippen LogP contribution in [0.4, 0.5) is 5.69 Å². The SMILES string of the molecule is COC(=O)c1ccc([C@@H]2c3c(-c4ccc(C)cc4)n[nH]c3C(=O)N2c2ccc(Cl)cc2)cc1. The van der Waals surface area contributed by atoms with E-state index in [0.29, 0.717) is 22.0 Å². The third kappa shape index (κ3) is 3.58.